The number of phenols is 2. The predicted molar refractivity (Wildman–Crippen MR) is 89.6 cm³/mol. The number of phenolic OH excluding ortho intramolecular Hbond substituents is 2. The van der Waals surface area contributed by atoms with E-state index in [-0.39, 0.29) is 17.1 Å². The van der Waals surface area contributed by atoms with Crippen LogP contribution in [-0.4, -0.2) is 22.0 Å². The summed E-state index contributed by atoms with van der Waals surface area (Å²) in [5.41, 5.74) is 4.09. The van der Waals surface area contributed by atoms with E-state index in [9.17, 15) is 19.8 Å². The lowest BCUT2D eigenvalue weighted by Crippen LogP contribution is -2.35. The fraction of sp³-hybridized carbons (Fsp3) is 0.0588. The van der Waals surface area contributed by atoms with Crippen molar-refractivity contribution in [3.63, 3.8) is 0 Å². The van der Waals surface area contributed by atoms with E-state index in [2.05, 4.69) is 5.43 Å². The van der Waals surface area contributed by atoms with Gasteiger partial charge in [0.15, 0.2) is 11.5 Å². The van der Waals surface area contributed by atoms with Crippen LogP contribution in [0.1, 0.15) is 11.1 Å². The first-order valence-electron chi connectivity index (χ1n) is 7.02. The number of carbonyl (C=O) groups excluding carboxylic acids is 2. The molecule has 2 amide bonds. The summed E-state index contributed by atoms with van der Waals surface area (Å²) < 4.78 is 0. The predicted octanol–water partition coefficient (Wildman–Crippen LogP) is 2.52. The zero-order chi connectivity index (χ0) is 17.4. The fourth-order valence-electron chi connectivity index (χ4n) is 2.26. The number of aromatic hydroxyl groups is 2. The van der Waals surface area contributed by atoms with Crippen LogP contribution in [0.25, 0.3) is 6.08 Å². The maximum absolute atomic E-state index is 12.5. The molecule has 1 heterocycles. The number of nitrogens with zero attached hydrogens (tertiary/aromatic N) is 1. The minimum atomic E-state index is -0.565. The van der Waals surface area contributed by atoms with Gasteiger partial charge in [0.25, 0.3) is 11.8 Å². The van der Waals surface area contributed by atoms with Crippen molar-refractivity contribution in [2.75, 3.05) is 5.01 Å². The molecule has 0 bridgehead atoms. The van der Waals surface area contributed by atoms with Gasteiger partial charge in [-0.05, 0) is 48.4 Å². The number of amides is 2. The van der Waals surface area contributed by atoms with Gasteiger partial charge >= 0.3 is 0 Å². The molecular weight excluding hydrogens is 332 g/mol. The Morgan fingerprint density at radius 3 is 2.50 bits per heavy atom. The highest BCUT2D eigenvalue weighted by molar-refractivity contribution is 6.33. The van der Waals surface area contributed by atoms with Crippen molar-refractivity contribution in [1.29, 1.82) is 0 Å². The lowest BCUT2D eigenvalue weighted by atomic mass is 10.1. The monoisotopic (exact) mass is 344 g/mol. The molecule has 0 radical (unpaired) electrons. The molecular formula is C17H13ClN2O4. The van der Waals surface area contributed by atoms with Crippen LogP contribution in [0.3, 0.4) is 0 Å². The lowest BCUT2D eigenvalue weighted by Gasteiger charge is -2.15. The molecule has 6 nitrogen and oxygen atoms in total. The summed E-state index contributed by atoms with van der Waals surface area (Å²) in [7, 11) is 0. The second kappa shape index (κ2) is 5.90. The number of benzene rings is 2. The lowest BCUT2D eigenvalue weighted by molar-refractivity contribution is -0.117. The van der Waals surface area contributed by atoms with E-state index in [1.807, 2.05) is 6.92 Å². The zero-order valence-corrected chi connectivity index (χ0v) is 13.3. The van der Waals surface area contributed by atoms with Gasteiger partial charge in [0.1, 0.15) is 5.57 Å². The van der Waals surface area contributed by atoms with Gasteiger partial charge in [0.05, 0.1) is 5.69 Å². The molecule has 7 heteroatoms. The number of aryl methyl sites for hydroxylation is 1. The smallest absolute Gasteiger partial charge is 0.282 e. The maximum Gasteiger partial charge on any atom is 0.282 e. The maximum atomic E-state index is 12.5. The molecule has 0 spiro atoms. The van der Waals surface area contributed by atoms with Crippen molar-refractivity contribution in [2.24, 2.45) is 0 Å². The van der Waals surface area contributed by atoms with Crippen LogP contribution in [0, 0.1) is 6.92 Å². The third-order valence-electron chi connectivity index (χ3n) is 3.62. The summed E-state index contributed by atoms with van der Waals surface area (Å²) in [6.45, 7) is 1.83. The highest BCUT2D eigenvalue weighted by Crippen LogP contribution is 2.28. The third kappa shape index (κ3) is 2.79. The first-order chi connectivity index (χ1) is 11.4. The largest absolute Gasteiger partial charge is 0.504 e. The molecule has 0 unspecified atom stereocenters. The molecule has 1 fully saturated rings. The summed E-state index contributed by atoms with van der Waals surface area (Å²) in [4.78, 5) is 24.6. The Morgan fingerprint density at radius 2 is 1.83 bits per heavy atom. The summed E-state index contributed by atoms with van der Waals surface area (Å²) in [5, 5.41) is 20.4. The van der Waals surface area contributed by atoms with Crippen LogP contribution in [-0.2, 0) is 9.59 Å². The highest BCUT2D eigenvalue weighted by Gasteiger charge is 2.34. The second-order valence-corrected chi connectivity index (χ2v) is 5.73. The van der Waals surface area contributed by atoms with Crippen molar-refractivity contribution in [3.8, 4) is 11.5 Å². The zero-order valence-electron chi connectivity index (χ0n) is 12.6. The van der Waals surface area contributed by atoms with Crippen LogP contribution in [0.4, 0.5) is 5.69 Å². The fourth-order valence-corrected chi connectivity index (χ4v) is 2.43. The number of carbonyl (C=O) groups is 2. The van der Waals surface area contributed by atoms with E-state index in [1.54, 1.807) is 18.2 Å². The summed E-state index contributed by atoms with van der Waals surface area (Å²) in [6, 6.07) is 9.02. The number of hydrogen-bond donors (Lipinski definition) is 3. The molecule has 1 aliphatic rings. The molecule has 0 saturated carbocycles. The number of nitrogens with one attached hydrogen (secondary N) is 1. The molecule has 3 rings (SSSR count). The first-order valence-corrected chi connectivity index (χ1v) is 7.40. The molecule has 0 aliphatic carbocycles. The Hall–Kier alpha value is -2.99. The number of rotatable bonds is 2. The van der Waals surface area contributed by atoms with Crippen molar-refractivity contribution >= 4 is 35.2 Å². The van der Waals surface area contributed by atoms with Gasteiger partial charge in [-0.1, -0.05) is 23.7 Å². The van der Waals surface area contributed by atoms with Crippen molar-refractivity contribution < 1.29 is 19.8 Å². The van der Waals surface area contributed by atoms with Gasteiger partial charge < -0.3 is 10.2 Å². The Labute approximate surface area is 142 Å². The Morgan fingerprint density at radius 1 is 1.08 bits per heavy atom. The van der Waals surface area contributed by atoms with Crippen molar-refractivity contribution in [2.45, 2.75) is 6.92 Å². The van der Waals surface area contributed by atoms with E-state index in [0.717, 1.165) is 10.6 Å². The minimum absolute atomic E-state index is 0.0863. The number of hydrazine groups is 1. The quantitative estimate of drug-likeness (QED) is 0.443. The average molecular weight is 345 g/mol. The number of halogens is 1. The van der Waals surface area contributed by atoms with Crippen molar-refractivity contribution in [1.82, 2.24) is 5.43 Å². The normalized spacial score (nSPS) is 15.9. The molecule has 24 heavy (non-hydrogen) atoms. The van der Waals surface area contributed by atoms with E-state index >= 15 is 0 Å². The summed E-state index contributed by atoms with van der Waals surface area (Å²) >= 11 is 6.06. The van der Waals surface area contributed by atoms with Gasteiger partial charge in [0.2, 0.25) is 0 Å². The molecule has 122 valence electrons. The van der Waals surface area contributed by atoms with Gasteiger partial charge in [-0.25, -0.2) is 5.01 Å². The standard InChI is InChI=1S/C17H13ClN2O4/c1-9-2-4-11(8-13(9)18)20-17(24)12(16(23)19-20)6-10-3-5-14(21)15(22)7-10/h2-8,21-22H,1H3,(H,19,23). The molecule has 2 aromatic rings. The van der Waals surface area contributed by atoms with Crippen LogP contribution in [0.5, 0.6) is 11.5 Å². The Bertz CT molecular complexity index is 892. The van der Waals surface area contributed by atoms with Gasteiger partial charge in [-0.3, -0.25) is 15.0 Å². The SMILES string of the molecule is Cc1ccc(N2NC(=O)C(=Cc3ccc(O)c(O)c3)C2=O)cc1Cl. The molecule has 0 atom stereocenters. The van der Waals surface area contributed by atoms with Gasteiger partial charge in [-0.2, -0.15) is 0 Å². The van der Waals surface area contributed by atoms with E-state index in [1.165, 1.54) is 24.3 Å². The molecule has 0 aromatic heterocycles. The number of hydrogen-bond acceptors (Lipinski definition) is 4. The van der Waals surface area contributed by atoms with Crippen LogP contribution < -0.4 is 10.4 Å². The van der Waals surface area contributed by atoms with Crippen LogP contribution >= 0.6 is 11.6 Å². The first kappa shape index (κ1) is 15.9. The minimum Gasteiger partial charge on any atom is -0.504 e. The highest BCUT2D eigenvalue weighted by atomic mass is 35.5. The van der Waals surface area contributed by atoms with Crippen molar-refractivity contribution in [3.05, 3.63) is 58.1 Å². The van der Waals surface area contributed by atoms with Gasteiger partial charge in [0, 0.05) is 5.02 Å². The molecule has 3 N–H and O–H groups in total. The van der Waals surface area contributed by atoms with E-state index in [0.29, 0.717) is 16.3 Å². The summed E-state index contributed by atoms with van der Waals surface area (Å²) in [6.07, 6.45) is 1.34. The second-order valence-electron chi connectivity index (χ2n) is 5.32. The van der Waals surface area contributed by atoms with E-state index < -0.39 is 11.8 Å². The Kier molecular flexibility index (Phi) is 3.91. The summed E-state index contributed by atoms with van der Waals surface area (Å²) in [5.74, 6) is -1.72. The third-order valence-corrected chi connectivity index (χ3v) is 4.02. The molecule has 1 aliphatic heterocycles. The average Bonchev–Trinajstić information content (AvgIpc) is 2.82. The topological polar surface area (TPSA) is 89.9 Å². The van der Waals surface area contributed by atoms with Crippen LogP contribution in [0.15, 0.2) is 42.0 Å². The molecule has 2 aromatic carbocycles. The van der Waals surface area contributed by atoms with Gasteiger partial charge in [-0.15, -0.1) is 0 Å². The number of anilines is 1. The molecule has 1 saturated heterocycles. The Balaban J connectivity index is 1.95. The van der Waals surface area contributed by atoms with E-state index in [4.69, 9.17) is 11.6 Å². The van der Waals surface area contributed by atoms with Crippen LogP contribution in [0.2, 0.25) is 5.02 Å².